The van der Waals surface area contributed by atoms with E-state index in [4.69, 9.17) is 23.2 Å². The fourth-order valence-electron chi connectivity index (χ4n) is 3.54. The Morgan fingerprint density at radius 1 is 1.11 bits per heavy atom. The summed E-state index contributed by atoms with van der Waals surface area (Å²) in [5, 5.41) is 4.48. The van der Waals surface area contributed by atoms with Gasteiger partial charge in [-0.05, 0) is 66.5 Å². The molecule has 0 aromatic heterocycles. The molecule has 0 bridgehead atoms. The number of carbonyl (C=O) groups excluding carboxylic acids is 1. The van der Waals surface area contributed by atoms with Crippen LogP contribution in [0.4, 0.5) is 0 Å². The minimum atomic E-state index is 0.0488. The van der Waals surface area contributed by atoms with Gasteiger partial charge in [-0.25, -0.2) is 0 Å². The Balaban J connectivity index is 1.56. The molecule has 0 heterocycles. The van der Waals surface area contributed by atoms with Crippen molar-refractivity contribution in [2.75, 3.05) is 5.75 Å². The van der Waals surface area contributed by atoms with Gasteiger partial charge in [0.25, 0.3) is 0 Å². The molecule has 5 heteroatoms. The Labute approximate surface area is 176 Å². The lowest BCUT2D eigenvalue weighted by atomic mass is 9.89. The standard InChI is InChI=1S/C22H25Cl2NOS/c1-2-21(17-11-10-15-6-3-4-7-16(15)12-17)25-22(26)14-27-13-18-19(23)8-5-9-20(18)24/h5,8-12,21H,2-4,6-7,13-14H2,1H3,(H,25,26)/t21-/m1/s1. The van der Waals surface area contributed by atoms with Crippen molar-refractivity contribution in [2.45, 2.75) is 50.8 Å². The van der Waals surface area contributed by atoms with Crippen molar-refractivity contribution in [1.29, 1.82) is 0 Å². The first-order valence-electron chi connectivity index (χ1n) is 9.50. The number of amides is 1. The van der Waals surface area contributed by atoms with E-state index < -0.39 is 0 Å². The highest BCUT2D eigenvalue weighted by Gasteiger charge is 2.16. The van der Waals surface area contributed by atoms with Crippen LogP contribution in [0.15, 0.2) is 36.4 Å². The predicted octanol–water partition coefficient (Wildman–Crippen LogP) is 6.37. The minimum absolute atomic E-state index is 0.0488. The second kappa shape index (κ2) is 9.86. The first kappa shape index (κ1) is 20.6. The molecule has 144 valence electrons. The Kier molecular flexibility index (Phi) is 7.51. The lowest BCUT2D eigenvalue weighted by molar-refractivity contribution is -0.119. The number of halogens is 2. The number of hydrogen-bond acceptors (Lipinski definition) is 2. The van der Waals surface area contributed by atoms with Crippen molar-refractivity contribution >= 4 is 40.9 Å². The molecule has 2 aromatic carbocycles. The van der Waals surface area contributed by atoms with Crippen molar-refractivity contribution in [3.63, 3.8) is 0 Å². The number of thioether (sulfide) groups is 1. The van der Waals surface area contributed by atoms with Crippen molar-refractivity contribution in [3.05, 3.63) is 68.7 Å². The zero-order valence-electron chi connectivity index (χ0n) is 15.6. The molecule has 1 amide bonds. The summed E-state index contributed by atoms with van der Waals surface area (Å²) < 4.78 is 0. The number of rotatable bonds is 7. The Bertz CT molecular complexity index is 789. The van der Waals surface area contributed by atoms with E-state index in [1.165, 1.54) is 47.7 Å². The summed E-state index contributed by atoms with van der Waals surface area (Å²) in [4.78, 5) is 12.4. The minimum Gasteiger partial charge on any atom is -0.349 e. The van der Waals surface area contributed by atoms with E-state index >= 15 is 0 Å². The van der Waals surface area contributed by atoms with Crippen molar-refractivity contribution in [1.82, 2.24) is 5.32 Å². The van der Waals surface area contributed by atoms with Gasteiger partial charge in [-0.15, -0.1) is 11.8 Å². The predicted molar refractivity (Wildman–Crippen MR) is 117 cm³/mol. The molecule has 3 rings (SSSR count). The Morgan fingerprint density at radius 2 is 1.81 bits per heavy atom. The number of nitrogens with one attached hydrogen (secondary N) is 1. The van der Waals surface area contributed by atoms with Crippen LogP contribution in [0, 0.1) is 0 Å². The summed E-state index contributed by atoms with van der Waals surface area (Å²) >= 11 is 13.9. The summed E-state index contributed by atoms with van der Waals surface area (Å²) in [7, 11) is 0. The van der Waals surface area contributed by atoms with Gasteiger partial charge in [0.1, 0.15) is 0 Å². The second-order valence-corrected chi connectivity index (χ2v) is 8.76. The third-order valence-electron chi connectivity index (χ3n) is 5.06. The molecule has 0 aliphatic heterocycles. The van der Waals surface area contributed by atoms with E-state index in [2.05, 4.69) is 30.4 Å². The summed E-state index contributed by atoms with van der Waals surface area (Å²) in [6.07, 6.45) is 5.77. The highest BCUT2D eigenvalue weighted by molar-refractivity contribution is 7.99. The zero-order valence-corrected chi connectivity index (χ0v) is 17.9. The van der Waals surface area contributed by atoms with Gasteiger partial charge < -0.3 is 5.32 Å². The summed E-state index contributed by atoms with van der Waals surface area (Å²) in [6.45, 7) is 2.11. The fraction of sp³-hybridized carbons (Fsp3) is 0.409. The average molecular weight is 422 g/mol. The van der Waals surface area contributed by atoms with Crippen LogP contribution >= 0.6 is 35.0 Å². The van der Waals surface area contributed by atoms with Crippen LogP contribution in [-0.4, -0.2) is 11.7 Å². The smallest absolute Gasteiger partial charge is 0.230 e. The normalized spacial score (nSPS) is 14.5. The van der Waals surface area contributed by atoms with Crippen LogP contribution in [0.5, 0.6) is 0 Å². The lowest BCUT2D eigenvalue weighted by Gasteiger charge is -2.21. The van der Waals surface area contributed by atoms with Crippen LogP contribution in [0.25, 0.3) is 0 Å². The topological polar surface area (TPSA) is 29.1 Å². The van der Waals surface area contributed by atoms with Crippen molar-refractivity contribution in [2.24, 2.45) is 0 Å². The molecule has 27 heavy (non-hydrogen) atoms. The second-order valence-electron chi connectivity index (χ2n) is 6.96. The first-order chi connectivity index (χ1) is 13.1. The maximum atomic E-state index is 12.4. The van der Waals surface area contributed by atoms with Gasteiger partial charge >= 0.3 is 0 Å². The number of hydrogen-bond donors (Lipinski definition) is 1. The molecule has 2 aromatic rings. The molecule has 0 radical (unpaired) electrons. The molecule has 0 saturated carbocycles. The highest BCUT2D eigenvalue weighted by atomic mass is 35.5. The molecule has 1 aliphatic rings. The summed E-state index contributed by atoms with van der Waals surface area (Å²) in [6, 6.07) is 12.3. The molecular formula is C22H25Cl2NOS. The largest absolute Gasteiger partial charge is 0.349 e. The molecule has 0 fully saturated rings. The monoisotopic (exact) mass is 421 g/mol. The first-order valence-corrected chi connectivity index (χ1v) is 11.4. The number of carbonyl (C=O) groups is 1. The number of benzene rings is 2. The number of aryl methyl sites for hydroxylation is 2. The molecule has 1 N–H and O–H groups in total. The van der Waals surface area contributed by atoms with Gasteiger partial charge in [-0.2, -0.15) is 0 Å². The third kappa shape index (κ3) is 5.43. The maximum Gasteiger partial charge on any atom is 0.230 e. The van der Waals surface area contributed by atoms with E-state index in [0.717, 1.165) is 18.4 Å². The quantitative estimate of drug-likeness (QED) is 0.562. The Hall–Kier alpha value is -1.16. The van der Waals surface area contributed by atoms with Gasteiger partial charge in [0, 0.05) is 15.8 Å². The SMILES string of the molecule is CC[C@@H](NC(=O)CSCc1c(Cl)cccc1Cl)c1ccc2c(c1)CCCC2. The van der Waals surface area contributed by atoms with Crippen LogP contribution in [0.2, 0.25) is 10.0 Å². The summed E-state index contributed by atoms with van der Waals surface area (Å²) in [5.74, 6) is 1.07. The van der Waals surface area contributed by atoms with E-state index in [1.54, 1.807) is 0 Å². The van der Waals surface area contributed by atoms with Gasteiger partial charge in [0.15, 0.2) is 0 Å². The van der Waals surface area contributed by atoms with E-state index in [9.17, 15) is 4.79 Å². The van der Waals surface area contributed by atoms with E-state index in [-0.39, 0.29) is 11.9 Å². The van der Waals surface area contributed by atoms with Crippen LogP contribution in [-0.2, 0) is 23.4 Å². The highest BCUT2D eigenvalue weighted by Crippen LogP contribution is 2.29. The lowest BCUT2D eigenvalue weighted by Crippen LogP contribution is -2.29. The maximum absolute atomic E-state index is 12.4. The molecule has 2 nitrogen and oxygen atoms in total. The van der Waals surface area contributed by atoms with Crippen molar-refractivity contribution in [3.8, 4) is 0 Å². The van der Waals surface area contributed by atoms with Gasteiger partial charge in [-0.1, -0.05) is 54.4 Å². The molecule has 0 saturated heterocycles. The third-order valence-corrected chi connectivity index (χ3v) is 6.73. The van der Waals surface area contributed by atoms with Crippen LogP contribution < -0.4 is 5.32 Å². The van der Waals surface area contributed by atoms with E-state index in [0.29, 0.717) is 21.6 Å². The van der Waals surface area contributed by atoms with Crippen LogP contribution in [0.3, 0.4) is 0 Å². The van der Waals surface area contributed by atoms with Gasteiger partial charge in [-0.3, -0.25) is 4.79 Å². The van der Waals surface area contributed by atoms with Gasteiger partial charge in [0.05, 0.1) is 11.8 Å². The Morgan fingerprint density at radius 3 is 2.52 bits per heavy atom. The molecule has 1 atom stereocenters. The average Bonchev–Trinajstić information content (AvgIpc) is 2.68. The van der Waals surface area contributed by atoms with E-state index in [1.807, 2.05) is 18.2 Å². The zero-order chi connectivity index (χ0) is 19.2. The molecular weight excluding hydrogens is 397 g/mol. The molecule has 0 unspecified atom stereocenters. The molecule has 0 spiro atoms. The summed E-state index contributed by atoms with van der Waals surface area (Å²) in [5.41, 5.74) is 5.03. The van der Waals surface area contributed by atoms with Gasteiger partial charge in [0.2, 0.25) is 5.91 Å². The fourth-order valence-corrected chi connectivity index (χ4v) is 5.12. The van der Waals surface area contributed by atoms with Crippen LogP contribution in [0.1, 0.15) is 54.5 Å². The van der Waals surface area contributed by atoms with Crippen molar-refractivity contribution < 1.29 is 4.79 Å². The molecule has 1 aliphatic carbocycles. The number of fused-ring (bicyclic) bond motifs is 1.